The summed E-state index contributed by atoms with van der Waals surface area (Å²) in [5.41, 5.74) is 2.10. The van der Waals surface area contributed by atoms with Gasteiger partial charge < -0.3 is 4.74 Å². The Morgan fingerprint density at radius 2 is 2.00 bits per heavy atom. The zero-order chi connectivity index (χ0) is 12.2. The molecule has 1 rings (SSSR count). The third-order valence-corrected chi connectivity index (χ3v) is 2.95. The molecule has 0 spiro atoms. The molecule has 0 heterocycles. The molecule has 16 heavy (non-hydrogen) atoms. The highest BCUT2D eigenvalue weighted by Crippen LogP contribution is 2.19. The minimum absolute atomic E-state index is 0.266. The molecule has 0 bridgehead atoms. The van der Waals surface area contributed by atoms with Crippen LogP contribution in [0, 0.1) is 13.8 Å². The molecule has 4 nitrogen and oxygen atoms in total. The van der Waals surface area contributed by atoms with E-state index in [4.69, 9.17) is 9.29 Å². The van der Waals surface area contributed by atoms with Gasteiger partial charge in [-0.2, -0.15) is 8.42 Å². The molecular weight excluding hydrogens is 228 g/mol. The van der Waals surface area contributed by atoms with Gasteiger partial charge in [0.15, 0.2) is 0 Å². The van der Waals surface area contributed by atoms with Gasteiger partial charge in [-0.15, -0.1) is 0 Å². The first-order chi connectivity index (χ1) is 7.38. The van der Waals surface area contributed by atoms with Gasteiger partial charge in [-0.3, -0.25) is 4.55 Å². The van der Waals surface area contributed by atoms with Gasteiger partial charge in [-0.25, -0.2) is 0 Å². The van der Waals surface area contributed by atoms with Crippen molar-refractivity contribution in [1.29, 1.82) is 0 Å². The molecular formula is C11H16O4S. The maximum Gasteiger partial charge on any atom is 0.264 e. The first-order valence-corrected chi connectivity index (χ1v) is 6.64. The number of benzene rings is 1. The van der Waals surface area contributed by atoms with Crippen LogP contribution in [0.15, 0.2) is 18.2 Å². The van der Waals surface area contributed by atoms with E-state index >= 15 is 0 Å². The quantitative estimate of drug-likeness (QED) is 0.635. The van der Waals surface area contributed by atoms with E-state index in [0.717, 1.165) is 16.9 Å². The molecule has 90 valence electrons. The van der Waals surface area contributed by atoms with Crippen LogP contribution in [-0.2, 0) is 10.1 Å². The lowest BCUT2D eigenvalue weighted by molar-refractivity contribution is 0.314. The van der Waals surface area contributed by atoms with Crippen molar-refractivity contribution in [2.75, 3.05) is 12.4 Å². The molecule has 0 aromatic heterocycles. The van der Waals surface area contributed by atoms with E-state index in [-0.39, 0.29) is 18.8 Å². The fourth-order valence-corrected chi connectivity index (χ4v) is 1.77. The molecule has 0 atom stereocenters. The summed E-state index contributed by atoms with van der Waals surface area (Å²) in [7, 11) is -3.88. The molecule has 1 N–H and O–H groups in total. The average Bonchev–Trinajstić information content (AvgIpc) is 2.16. The fourth-order valence-electron chi connectivity index (χ4n) is 1.29. The highest BCUT2D eigenvalue weighted by Gasteiger charge is 2.05. The van der Waals surface area contributed by atoms with Crippen molar-refractivity contribution in [3.8, 4) is 5.75 Å². The van der Waals surface area contributed by atoms with E-state index < -0.39 is 10.1 Å². The molecule has 0 aliphatic carbocycles. The molecule has 0 saturated heterocycles. The van der Waals surface area contributed by atoms with E-state index in [1.165, 1.54) is 0 Å². The lowest BCUT2D eigenvalue weighted by Gasteiger charge is -2.09. The molecule has 0 amide bonds. The first kappa shape index (κ1) is 13.0. The topological polar surface area (TPSA) is 63.6 Å². The third-order valence-electron chi connectivity index (χ3n) is 2.15. The van der Waals surface area contributed by atoms with Crippen molar-refractivity contribution < 1.29 is 17.7 Å². The molecule has 1 aromatic rings. The molecule has 0 aliphatic heterocycles. The van der Waals surface area contributed by atoms with Crippen molar-refractivity contribution in [3.05, 3.63) is 29.3 Å². The first-order valence-electron chi connectivity index (χ1n) is 5.04. The Morgan fingerprint density at radius 1 is 1.31 bits per heavy atom. The molecule has 0 aliphatic rings. The normalized spacial score (nSPS) is 11.4. The van der Waals surface area contributed by atoms with Crippen molar-refractivity contribution >= 4 is 10.1 Å². The molecule has 0 fully saturated rings. The van der Waals surface area contributed by atoms with Crippen LogP contribution in [0.4, 0.5) is 0 Å². The third kappa shape index (κ3) is 4.63. The number of aryl methyl sites for hydroxylation is 2. The van der Waals surface area contributed by atoms with Crippen molar-refractivity contribution in [2.45, 2.75) is 20.3 Å². The standard InChI is InChI=1S/C11H16O4S/c1-9-4-5-10(2)11(8-9)15-6-3-7-16(12,13)14/h4-5,8H,3,6-7H2,1-2H3,(H,12,13,14). The van der Waals surface area contributed by atoms with Gasteiger partial charge >= 0.3 is 0 Å². The Labute approximate surface area is 96.0 Å². The Balaban J connectivity index is 2.46. The zero-order valence-corrected chi connectivity index (χ0v) is 10.3. The highest BCUT2D eigenvalue weighted by atomic mass is 32.2. The summed E-state index contributed by atoms with van der Waals surface area (Å²) in [4.78, 5) is 0. The average molecular weight is 244 g/mol. The van der Waals surface area contributed by atoms with E-state index in [2.05, 4.69) is 0 Å². The molecule has 0 unspecified atom stereocenters. The summed E-state index contributed by atoms with van der Waals surface area (Å²) >= 11 is 0. The number of hydrogen-bond donors (Lipinski definition) is 1. The van der Waals surface area contributed by atoms with Gasteiger partial charge in [0.1, 0.15) is 5.75 Å². The van der Waals surface area contributed by atoms with E-state index in [9.17, 15) is 8.42 Å². The van der Waals surface area contributed by atoms with Crippen LogP contribution in [0.2, 0.25) is 0 Å². The van der Waals surface area contributed by atoms with Crippen LogP contribution in [0.1, 0.15) is 17.5 Å². The largest absolute Gasteiger partial charge is 0.493 e. The van der Waals surface area contributed by atoms with E-state index in [0.29, 0.717) is 0 Å². The molecule has 1 aromatic carbocycles. The second kappa shape index (κ2) is 5.32. The smallest absolute Gasteiger partial charge is 0.264 e. The van der Waals surface area contributed by atoms with Crippen LogP contribution in [-0.4, -0.2) is 25.3 Å². The maximum absolute atomic E-state index is 10.5. The second-order valence-electron chi connectivity index (χ2n) is 3.76. The molecule has 0 radical (unpaired) electrons. The van der Waals surface area contributed by atoms with Crippen LogP contribution in [0.25, 0.3) is 0 Å². The second-order valence-corrected chi connectivity index (χ2v) is 5.33. The van der Waals surface area contributed by atoms with Gasteiger partial charge in [-0.1, -0.05) is 12.1 Å². The zero-order valence-electron chi connectivity index (χ0n) is 9.43. The monoisotopic (exact) mass is 244 g/mol. The summed E-state index contributed by atoms with van der Waals surface area (Å²) in [6, 6.07) is 5.84. The predicted octanol–water partition coefficient (Wildman–Crippen LogP) is 1.96. The van der Waals surface area contributed by atoms with Crippen molar-refractivity contribution in [3.63, 3.8) is 0 Å². The Kier molecular flexibility index (Phi) is 4.32. The van der Waals surface area contributed by atoms with Gasteiger partial charge in [-0.05, 0) is 37.5 Å². The van der Waals surface area contributed by atoms with E-state index in [1.54, 1.807) is 0 Å². The minimum atomic E-state index is -3.88. The highest BCUT2D eigenvalue weighted by molar-refractivity contribution is 7.85. The number of ether oxygens (including phenoxy) is 1. The summed E-state index contributed by atoms with van der Waals surface area (Å²) in [5.74, 6) is 0.494. The summed E-state index contributed by atoms with van der Waals surface area (Å²) in [6.07, 6.45) is 0.284. The maximum atomic E-state index is 10.5. The van der Waals surface area contributed by atoms with Gasteiger partial charge in [0, 0.05) is 0 Å². The SMILES string of the molecule is Cc1ccc(C)c(OCCCS(=O)(=O)O)c1. The Hall–Kier alpha value is -1.07. The summed E-state index contributed by atoms with van der Waals surface area (Å²) < 4.78 is 34.9. The number of hydrogen-bond acceptors (Lipinski definition) is 3. The van der Waals surface area contributed by atoms with Gasteiger partial charge in [0.05, 0.1) is 12.4 Å². The summed E-state index contributed by atoms with van der Waals surface area (Å²) in [5, 5.41) is 0. The molecule has 0 saturated carbocycles. The van der Waals surface area contributed by atoms with E-state index in [1.807, 2.05) is 32.0 Å². The lowest BCUT2D eigenvalue weighted by atomic mass is 10.1. The van der Waals surface area contributed by atoms with Crippen molar-refractivity contribution in [2.24, 2.45) is 0 Å². The lowest BCUT2D eigenvalue weighted by Crippen LogP contribution is -2.08. The van der Waals surface area contributed by atoms with Gasteiger partial charge in [0.2, 0.25) is 0 Å². The fraction of sp³-hybridized carbons (Fsp3) is 0.455. The Bertz CT molecular complexity index is 451. The minimum Gasteiger partial charge on any atom is -0.493 e. The van der Waals surface area contributed by atoms with Crippen LogP contribution >= 0.6 is 0 Å². The van der Waals surface area contributed by atoms with Crippen LogP contribution in [0.3, 0.4) is 0 Å². The van der Waals surface area contributed by atoms with Crippen molar-refractivity contribution in [1.82, 2.24) is 0 Å². The van der Waals surface area contributed by atoms with Crippen LogP contribution in [0.5, 0.6) is 5.75 Å². The van der Waals surface area contributed by atoms with Crippen LogP contribution < -0.4 is 4.74 Å². The number of rotatable bonds is 5. The predicted molar refractivity (Wildman–Crippen MR) is 62.4 cm³/mol. The molecule has 5 heteroatoms. The summed E-state index contributed by atoms with van der Waals surface area (Å²) in [6.45, 7) is 4.17. The van der Waals surface area contributed by atoms with Gasteiger partial charge in [0.25, 0.3) is 10.1 Å². The Morgan fingerprint density at radius 3 is 2.62 bits per heavy atom.